The lowest BCUT2D eigenvalue weighted by Crippen LogP contribution is -2.68. The van der Waals surface area contributed by atoms with E-state index < -0.39 is 52.1 Å². The molecule has 0 aromatic heterocycles. The first-order valence-electron chi connectivity index (χ1n) is 13.0. The van der Waals surface area contributed by atoms with Crippen LogP contribution in [0.15, 0.2) is 24.3 Å². The monoisotopic (exact) mass is 525 g/mol. The standard InChI is InChI=1S/C28H38F3NO5/c1-7-36-23(34)26-13-15-27(16-14-26,32(17-12-18(2)3)24(35)37-25(4,5)6)21(22(26)33)19-8-10-20(11-9-19)28(29,30)31/h8-11,18,21H,7,12-17H2,1-6H3/t21-,26?,27?/m1/s1. The minimum atomic E-state index is -4.53. The predicted molar refractivity (Wildman–Crippen MR) is 132 cm³/mol. The highest BCUT2D eigenvalue weighted by Gasteiger charge is 2.67. The summed E-state index contributed by atoms with van der Waals surface area (Å²) in [6.07, 6.45) is -3.36. The number of rotatable bonds is 7. The van der Waals surface area contributed by atoms with Crippen molar-refractivity contribution in [2.24, 2.45) is 11.3 Å². The van der Waals surface area contributed by atoms with E-state index in [4.69, 9.17) is 9.47 Å². The van der Waals surface area contributed by atoms with Gasteiger partial charge in [0.15, 0.2) is 5.78 Å². The Bertz CT molecular complexity index is 1000. The van der Waals surface area contributed by atoms with Crippen LogP contribution < -0.4 is 0 Å². The molecule has 4 rings (SSSR count). The molecule has 206 valence electrons. The molecule has 6 nitrogen and oxygen atoms in total. The second kappa shape index (κ2) is 10.3. The summed E-state index contributed by atoms with van der Waals surface area (Å²) in [4.78, 5) is 42.4. The van der Waals surface area contributed by atoms with Gasteiger partial charge in [-0.25, -0.2) is 4.79 Å². The molecule has 1 atom stereocenters. The van der Waals surface area contributed by atoms with Crippen molar-refractivity contribution in [2.75, 3.05) is 13.2 Å². The fourth-order valence-electron chi connectivity index (χ4n) is 5.69. The fraction of sp³-hybridized carbons (Fsp3) is 0.679. The second-order valence-electron chi connectivity index (χ2n) is 11.6. The molecule has 0 N–H and O–H groups in total. The van der Waals surface area contributed by atoms with Crippen LogP contribution in [0.25, 0.3) is 0 Å². The Hall–Kier alpha value is -2.58. The van der Waals surface area contributed by atoms with E-state index in [0.29, 0.717) is 31.4 Å². The Labute approximate surface area is 216 Å². The molecule has 0 saturated heterocycles. The highest BCUT2D eigenvalue weighted by atomic mass is 19.4. The molecule has 0 heterocycles. The van der Waals surface area contributed by atoms with Gasteiger partial charge in [-0.1, -0.05) is 26.0 Å². The largest absolute Gasteiger partial charge is 0.465 e. The molecule has 0 radical (unpaired) electrons. The Balaban J connectivity index is 2.15. The van der Waals surface area contributed by atoms with Gasteiger partial charge in [-0.2, -0.15) is 13.2 Å². The third-order valence-corrected chi connectivity index (χ3v) is 7.56. The van der Waals surface area contributed by atoms with Crippen LogP contribution in [0.2, 0.25) is 0 Å². The molecule has 0 unspecified atom stereocenters. The van der Waals surface area contributed by atoms with Crippen LogP contribution in [0.4, 0.5) is 18.0 Å². The number of amides is 1. The Kier molecular flexibility index (Phi) is 8.06. The van der Waals surface area contributed by atoms with E-state index >= 15 is 0 Å². The smallest absolute Gasteiger partial charge is 0.416 e. The lowest BCUT2D eigenvalue weighted by molar-refractivity contribution is -0.174. The zero-order chi connectivity index (χ0) is 27.8. The molecule has 3 saturated carbocycles. The number of carbonyl (C=O) groups excluding carboxylic acids is 3. The number of esters is 1. The lowest BCUT2D eigenvalue weighted by atomic mass is 9.50. The molecule has 9 heteroatoms. The minimum absolute atomic E-state index is 0.113. The number of halogens is 3. The first-order valence-corrected chi connectivity index (χ1v) is 13.0. The van der Waals surface area contributed by atoms with Crippen LogP contribution in [0, 0.1) is 11.3 Å². The van der Waals surface area contributed by atoms with Gasteiger partial charge in [-0.05, 0) is 83.4 Å². The predicted octanol–water partition coefficient (Wildman–Crippen LogP) is 6.52. The van der Waals surface area contributed by atoms with Crippen molar-refractivity contribution in [3.8, 4) is 0 Å². The number of nitrogens with zero attached hydrogens (tertiary/aromatic N) is 1. The van der Waals surface area contributed by atoms with Gasteiger partial charge < -0.3 is 14.4 Å². The zero-order valence-corrected chi connectivity index (χ0v) is 22.5. The van der Waals surface area contributed by atoms with Crippen molar-refractivity contribution in [3.63, 3.8) is 0 Å². The Morgan fingerprint density at radius 3 is 2.08 bits per heavy atom. The normalized spacial score (nSPS) is 25.8. The number of hydrogen-bond donors (Lipinski definition) is 0. The number of hydrogen-bond acceptors (Lipinski definition) is 5. The van der Waals surface area contributed by atoms with E-state index in [-0.39, 0.29) is 25.4 Å². The van der Waals surface area contributed by atoms with Gasteiger partial charge in [-0.3, -0.25) is 9.59 Å². The summed E-state index contributed by atoms with van der Waals surface area (Å²) in [5.41, 5.74) is -3.66. The van der Waals surface area contributed by atoms with Crippen molar-refractivity contribution in [2.45, 2.75) is 96.9 Å². The number of alkyl halides is 3. The SMILES string of the molecule is CCOC(=O)C12CCC(N(CCC(C)C)C(=O)OC(C)(C)C)(CC1)[C@H](c1ccc(C(F)(F)F)cc1)C2=O. The fourth-order valence-corrected chi connectivity index (χ4v) is 5.69. The van der Waals surface area contributed by atoms with Gasteiger partial charge in [0.2, 0.25) is 0 Å². The summed E-state index contributed by atoms with van der Waals surface area (Å²) in [7, 11) is 0. The second-order valence-corrected chi connectivity index (χ2v) is 11.6. The highest BCUT2D eigenvalue weighted by Crippen LogP contribution is 2.59. The molecule has 1 aromatic carbocycles. The van der Waals surface area contributed by atoms with Crippen LogP contribution >= 0.6 is 0 Å². The third-order valence-electron chi connectivity index (χ3n) is 7.56. The first kappa shape index (κ1) is 29.0. The molecule has 0 spiro atoms. The van der Waals surface area contributed by atoms with Crippen molar-refractivity contribution in [1.29, 1.82) is 0 Å². The maximum atomic E-state index is 14.2. The van der Waals surface area contributed by atoms with Gasteiger partial charge in [0, 0.05) is 6.54 Å². The van der Waals surface area contributed by atoms with Crippen LogP contribution in [0.5, 0.6) is 0 Å². The molecule has 0 aliphatic heterocycles. The van der Waals surface area contributed by atoms with Crippen molar-refractivity contribution in [3.05, 3.63) is 35.4 Å². The number of ether oxygens (including phenoxy) is 2. The third kappa shape index (κ3) is 5.65. The lowest BCUT2D eigenvalue weighted by Gasteiger charge is -2.59. The van der Waals surface area contributed by atoms with Gasteiger partial charge >= 0.3 is 18.2 Å². The van der Waals surface area contributed by atoms with E-state index in [2.05, 4.69) is 0 Å². The van der Waals surface area contributed by atoms with E-state index in [1.54, 1.807) is 32.6 Å². The zero-order valence-electron chi connectivity index (χ0n) is 22.5. The molecule has 1 amide bonds. The average Bonchev–Trinajstić information content (AvgIpc) is 2.78. The Morgan fingerprint density at radius 2 is 1.62 bits per heavy atom. The van der Waals surface area contributed by atoms with Crippen LogP contribution in [-0.4, -0.2) is 47.0 Å². The highest BCUT2D eigenvalue weighted by molar-refractivity contribution is 6.09. The molecular formula is C28H38F3NO5. The molecule has 37 heavy (non-hydrogen) atoms. The summed E-state index contributed by atoms with van der Waals surface area (Å²) in [6, 6.07) is 4.48. The van der Waals surface area contributed by atoms with Gasteiger partial charge in [0.05, 0.1) is 23.6 Å². The molecule has 3 aliphatic carbocycles. The van der Waals surface area contributed by atoms with Crippen LogP contribution in [0.3, 0.4) is 0 Å². The van der Waals surface area contributed by atoms with Crippen molar-refractivity contribution >= 4 is 17.8 Å². The minimum Gasteiger partial charge on any atom is -0.465 e. The number of benzene rings is 1. The van der Waals surface area contributed by atoms with Crippen molar-refractivity contribution in [1.82, 2.24) is 4.90 Å². The maximum absolute atomic E-state index is 14.2. The molecule has 1 aromatic rings. The summed E-state index contributed by atoms with van der Waals surface area (Å²) >= 11 is 0. The van der Waals surface area contributed by atoms with Gasteiger partial charge in [0.25, 0.3) is 0 Å². The Morgan fingerprint density at radius 1 is 1.05 bits per heavy atom. The number of Topliss-reactive ketones (excluding diaryl/α,β-unsaturated/α-hetero) is 1. The number of ketones is 1. The van der Waals surface area contributed by atoms with E-state index in [9.17, 15) is 27.6 Å². The van der Waals surface area contributed by atoms with Crippen molar-refractivity contribution < 1.29 is 37.0 Å². The average molecular weight is 526 g/mol. The molecule has 3 aliphatic rings. The van der Waals surface area contributed by atoms with Gasteiger partial charge in [-0.15, -0.1) is 0 Å². The molecule has 2 bridgehead atoms. The quantitative estimate of drug-likeness (QED) is 0.299. The van der Waals surface area contributed by atoms with Crippen LogP contribution in [-0.2, 0) is 25.2 Å². The maximum Gasteiger partial charge on any atom is 0.416 e. The summed E-state index contributed by atoms with van der Waals surface area (Å²) < 4.78 is 50.9. The number of carbonyl (C=O) groups is 3. The molecular weight excluding hydrogens is 487 g/mol. The topological polar surface area (TPSA) is 72.9 Å². The molecule has 3 fully saturated rings. The van der Waals surface area contributed by atoms with E-state index in [1.165, 1.54) is 12.1 Å². The summed E-state index contributed by atoms with van der Waals surface area (Å²) in [6.45, 7) is 11.4. The van der Waals surface area contributed by atoms with E-state index in [1.807, 2.05) is 13.8 Å². The van der Waals surface area contributed by atoms with Crippen LogP contribution in [0.1, 0.15) is 90.7 Å². The van der Waals surface area contributed by atoms with Gasteiger partial charge in [0.1, 0.15) is 11.0 Å². The van der Waals surface area contributed by atoms with E-state index in [0.717, 1.165) is 12.1 Å². The first-order chi connectivity index (χ1) is 17.1. The summed E-state index contributed by atoms with van der Waals surface area (Å²) in [5.74, 6) is -1.73. The number of fused-ring (bicyclic) bond motifs is 3. The summed E-state index contributed by atoms with van der Waals surface area (Å²) in [5, 5.41) is 0.